The Morgan fingerprint density at radius 3 is 2.17 bits per heavy atom. The van der Waals surface area contributed by atoms with Gasteiger partial charge in [0.25, 0.3) is 0 Å². The molecule has 1 rings (SSSR count). The molecule has 0 aromatic heterocycles. The maximum atomic E-state index is 11.5. The molecule has 0 saturated heterocycles. The Hall–Kier alpha value is -0.570. The minimum Gasteiger partial charge on any atom is -0.350 e. The second-order valence-corrected chi connectivity index (χ2v) is 4.71. The molecule has 70 valence electrons. The fourth-order valence-electron chi connectivity index (χ4n) is 1.25. The summed E-state index contributed by atoms with van der Waals surface area (Å²) in [6.07, 6.45) is 2.73. The van der Waals surface area contributed by atoms with E-state index in [1.54, 1.807) is 0 Å². The third-order valence-electron chi connectivity index (χ3n) is 2.19. The highest BCUT2D eigenvalue weighted by Crippen LogP contribution is 2.29. The third-order valence-corrected chi connectivity index (χ3v) is 2.19. The van der Waals surface area contributed by atoms with Gasteiger partial charge in [-0.05, 0) is 40.0 Å². The molecule has 3 N–H and O–H groups in total. The summed E-state index contributed by atoms with van der Waals surface area (Å²) in [7, 11) is 0. The zero-order chi connectivity index (χ0) is 9.41. The van der Waals surface area contributed by atoms with Gasteiger partial charge in [-0.2, -0.15) is 0 Å². The molecule has 1 aliphatic carbocycles. The van der Waals surface area contributed by atoms with Gasteiger partial charge < -0.3 is 11.1 Å². The molecule has 3 nitrogen and oxygen atoms in total. The average Bonchev–Trinajstić information content (AvgIpc) is 1.78. The summed E-state index contributed by atoms with van der Waals surface area (Å²) in [5.41, 5.74) is 5.11. The van der Waals surface area contributed by atoms with Crippen molar-refractivity contribution in [3.05, 3.63) is 0 Å². The first-order chi connectivity index (χ1) is 5.33. The van der Waals surface area contributed by atoms with Gasteiger partial charge in [-0.3, -0.25) is 4.79 Å². The molecule has 1 aliphatic rings. The lowest BCUT2D eigenvalue weighted by Crippen LogP contribution is -2.61. The number of hydrogen-bond acceptors (Lipinski definition) is 2. The minimum absolute atomic E-state index is 0.00116. The number of nitrogens with two attached hydrogens (primary N) is 1. The van der Waals surface area contributed by atoms with Crippen molar-refractivity contribution in [2.75, 3.05) is 0 Å². The number of hydrogen-bond donors (Lipinski definition) is 2. The van der Waals surface area contributed by atoms with Gasteiger partial charge in [0.1, 0.15) is 0 Å². The molecule has 1 saturated carbocycles. The summed E-state index contributed by atoms with van der Waals surface area (Å²) in [6.45, 7) is 5.90. The summed E-state index contributed by atoms with van der Waals surface area (Å²) in [5.74, 6) is 0.00116. The summed E-state index contributed by atoms with van der Waals surface area (Å²) >= 11 is 0. The van der Waals surface area contributed by atoms with Crippen LogP contribution in [0.4, 0.5) is 0 Å². The Balaban J connectivity index is 2.49. The molecule has 3 heteroatoms. The van der Waals surface area contributed by atoms with Crippen LogP contribution in [0.5, 0.6) is 0 Å². The van der Waals surface area contributed by atoms with Crippen molar-refractivity contribution >= 4 is 5.91 Å². The molecule has 0 atom stereocenters. The van der Waals surface area contributed by atoms with Gasteiger partial charge in [-0.1, -0.05) is 0 Å². The molecule has 1 amide bonds. The van der Waals surface area contributed by atoms with E-state index >= 15 is 0 Å². The van der Waals surface area contributed by atoms with Crippen molar-refractivity contribution in [3.63, 3.8) is 0 Å². The van der Waals surface area contributed by atoms with Crippen molar-refractivity contribution in [2.45, 2.75) is 51.1 Å². The van der Waals surface area contributed by atoms with E-state index in [9.17, 15) is 4.79 Å². The van der Waals surface area contributed by atoms with Gasteiger partial charge in [0.2, 0.25) is 5.91 Å². The van der Waals surface area contributed by atoms with Crippen LogP contribution in [0.25, 0.3) is 0 Å². The SMILES string of the molecule is CC(C)(C)NC(=O)C1(N)CCC1. The minimum atomic E-state index is -0.562. The molecule has 0 radical (unpaired) electrons. The van der Waals surface area contributed by atoms with E-state index in [1.165, 1.54) is 0 Å². The largest absolute Gasteiger partial charge is 0.350 e. The number of nitrogens with one attached hydrogen (secondary N) is 1. The van der Waals surface area contributed by atoms with Gasteiger partial charge in [-0.25, -0.2) is 0 Å². The third kappa shape index (κ3) is 1.97. The van der Waals surface area contributed by atoms with Crippen LogP contribution in [-0.4, -0.2) is 17.0 Å². The van der Waals surface area contributed by atoms with Crippen LogP contribution in [0, 0.1) is 0 Å². The molecule has 0 bridgehead atoms. The molecule has 0 aromatic rings. The summed E-state index contributed by atoms with van der Waals surface area (Å²) in [4.78, 5) is 11.5. The van der Waals surface area contributed by atoms with Crippen LogP contribution in [0.3, 0.4) is 0 Å². The van der Waals surface area contributed by atoms with Crippen LogP contribution >= 0.6 is 0 Å². The molecule has 0 aromatic carbocycles. The fraction of sp³-hybridized carbons (Fsp3) is 0.889. The first-order valence-corrected chi connectivity index (χ1v) is 4.45. The number of carbonyl (C=O) groups excluding carboxylic acids is 1. The smallest absolute Gasteiger partial charge is 0.240 e. The molecular formula is C9H18N2O. The Labute approximate surface area is 73.7 Å². The first kappa shape index (κ1) is 9.52. The summed E-state index contributed by atoms with van der Waals surface area (Å²) in [5, 5.41) is 2.90. The van der Waals surface area contributed by atoms with E-state index in [-0.39, 0.29) is 11.4 Å². The Morgan fingerprint density at radius 2 is 1.92 bits per heavy atom. The van der Waals surface area contributed by atoms with Crippen molar-refractivity contribution < 1.29 is 4.79 Å². The van der Waals surface area contributed by atoms with Gasteiger partial charge in [-0.15, -0.1) is 0 Å². The van der Waals surface area contributed by atoms with E-state index < -0.39 is 5.54 Å². The van der Waals surface area contributed by atoms with Crippen LogP contribution in [0.2, 0.25) is 0 Å². The average molecular weight is 170 g/mol. The maximum absolute atomic E-state index is 11.5. The van der Waals surface area contributed by atoms with E-state index in [1.807, 2.05) is 20.8 Å². The molecule has 0 aliphatic heterocycles. The normalized spacial score (nSPS) is 21.3. The van der Waals surface area contributed by atoms with Crippen molar-refractivity contribution in [1.82, 2.24) is 5.32 Å². The predicted molar refractivity (Wildman–Crippen MR) is 48.7 cm³/mol. The first-order valence-electron chi connectivity index (χ1n) is 4.45. The molecular weight excluding hydrogens is 152 g/mol. The topological polar surface area (TPSA) is 55.1 Å². The quantitative estimate of drug-likeness (QED) is 0.611. The second kappa shape index (κ2) is 2.73. The predicted octanol–water partition coefficient (Wildman–Crippen LogP) is 0.782. The Kier molecular flexibility index (Phi) is 2.17. The molecule has 0 spiro atoms. The second-order valence-electron chi connectivity index (χ2n) is 4.71. The zero-order valence-corrected chi connectivity index (χ0v) is 8.11. The lowest BCUT2D eigenvalue weighted by atomic mass is 9.76. The van der Waals surface area contributed by atoms with Gasteiger partial charge >= 0.3 is 0 Å². The van der Waals surface area contributed by atoms with Gasteiger partial charge in [0.05, 0.1) is 5.54 Å². The van der Waals surface area contributed by atoms with Crippen LogP contribution in [0.15, 0.2) is 0 Å². The maximum Gasteiger partial charge on any atom is 0.240 e. The Morgan fingerprint density at radius 1 is 1.42 bits per heavy atom. The van der Waals surface area contributed by atoms with Crippen LogP contribution in [0.1, 0.15) is 40.0 Å². The number of carbonyl (C=O) groups is 1. The fourth-order valence-corrected chi connectivity index (χ4v) is 1.25. The Bertz CT molecular complexity index is 189. The van der Waals surface area contributed by atoms with Gasteiger partial charge in [0.15, 0.2) is 0 Å². The molecule has 0 unspecified atom stereocenters. The van der Waals surface area contributed by atoms with E-state index in [0.29, 0.717) is 0 Å². The summed E-state index contributed by atoms with van der Waals surface area (Å²) in [6, 6.07) is 0. The van der Waals surface area contributed by atoms with Gasteiger partial charge in [0, 0.05) is 5.54 Å². The standard InChI is InChI=1S/C9H18N2O/c1-8(2,3)11-7(12)9(10)5-4-6-9/h4-6,10H2,1-3H3,(H,11,12). The molecule has 12 heavy (non-hydrogen) atoms. The highest BCUT2D eigenvalue weighted by atomic mass is 16.2. The van der Waals surface area contributed by atoms with Crippen molar-refractivity contribution in [2.24, 2.45) is 5.73 Å². The van der Waals surface area contributed by atoms with E-state index in [0.717, 1.165) is 19.3 Å². The monoisotopic (exact) mass is 170 g/mol. The molecule has 1 fully saturated rings. The van der Waals surface area contributed by atoms with Crippen LogP contribution < -0.4 is 11.1 Å². The highest BCUT2D eigenvalue weighted by Gasteiger charge is 2.41. The van der Waals surface area contributed by atoms with E-state index in [4.69, 9.17) is 5.73 Å². The van der Waals surface area contributed by atoms with Crippen LogP contribution in [-0.2, 0) is 4.79 Å². The highest BCUT2D eigenvalue weighted by molar-refractivity contribution is 5.87. The lowest BCUT2D eigenvalue weighted by Gasteiger charge is -2.38. The van der Waals surface area contributed by atoms with E-state index in [2.05, 4.69) is 5.32 Å². The number of amides is 1. The lowest BCUT2D eigenvalue weighted by molar-refractivity contribution is -0.130. The number of rotatable bonds is 1. The zero-order valence-electron chi connectivity index (χ0n) is 8.11. The molecule has 0 heterocycles. The summed E-state index contributed by atoms with van der Waals surface area (Å²) < 4.78 is 0. The van der Waals surface area contributed by atoms with Crippen molar-refractivity contribution in [1.29, 1.82) is 0 Å². The van der Waals surface area contributed by atoms with Crippen molar-refractivity contribution in [3.8, 4) is 0 Å².